The molecule has 0 bridgehead atoms. The maximum absolute atomic E-state index is 11.8. The highest BCUT2D eigenvalue weighted by Gasteiger charge is 2.30. The van der Waals surface area contributed by atoms with Crippen LogP contribution < -0.4 is 5.32 Å². The van der Waals surface area contributed by atoms with Gasteiger partial charge in [0.25, 0.3) is 5.91 Å². The molecule has 0 saturated carbocycles. The predicted octanol–water partition coefficient (Wildman–Crippen LogP) is 3.04. The van der Waals surface area contributed by atoms with Crippen LogP contribution in [0.2, 0.25) is 0 Å². The van der Waals surface area contributed by atoms with Gasteiger partial charge in [-0.25, -0.2) is 0 Å². The van der Waals surface area contributed by atoms with E-state index in [0.717, 1.165) is 36.3 Å². The van der Waals surface area contributed by atoms with Crippen molar-refractivity contribution in [3.63, 3.8) is 0 Å². The van der Waals surface area contributed by atoms with E-state index in [1.165, 1.54) is 0 Å². The average molecular weight is 265 g/mol. The van der Waals surface area contributed by atoms with Crippen LogP contribution in [0.4, 0.5) is 5.69 Å². The normalized spacial score (nSPS) is 23.1. The number of carbonyl (C=O) groups excluding carboxylic acids is 1. The summed E-state index contributed by atoms with van der Waals surface area (Å²) in [6.07, 6.45) is 3.31. The average Bonchev–Trinajstić information content (AvgIpc) is 2.49. The van der Waals surface area contributed by atoms with E-state index in [4.69, 9.17) is 0 Å². The third-order valence-corrected chi connectivity index (χ3v) is 4.54. The lowest BCUT2D eigenvalue weighted by Crippen LogP contribution is -2.34. The van der Waals surface area contributed by atoms with Crippen molar-refractivity contribution in [1.29, 1.82) is 0 Å². The third-order valence-electron chi connectivity index (χ3n) is 3.14. The molecule has 0 radical (unpaired) electrons. The fourth-order valence-electron chi connectivity index (χ4n) is 2.09. The Kier molecular flexibility index (Phi) is 4.66. The number of unbranched alkanes of at least 4 members (excludes halogenated alkanes) is 2. The van der Waals surface area contributed by atoms with Crippen molar-refractivity contribution >= 4 is 23.4 Å². The fourth-order valence-corrected chi connectivity index (χ4v) is 3.35. The summed E-state index contributed by atoms with van der Waals surface area (Å²) >= 11 is 1.61. The van der Waals surface area contributed by atoms with E-state index >= 15 is 0 Å². The number of fused-ring (bicyclic) bond motifs is 1. The van der Waals surface area contributed by atoms with E-state index in [9.17, 15) is 9.90 Å². The highest BCUT2D eigenvalue weighted by Crippen LogP contribution is 2.37. The van der Waals surface area contributed by atoms with Gasteiger partial charge in [0.15, 0.2) is 0 Å². The molecule has 1 heterocycles. The van der Waals surface area contributed by atoms with Crippen LogP contribution in [0.5, 0.6) is 0 Å². The molecule has 1 aliphatic heterocycles. The summed E-state index contributed by atoms with van der Waals surface area (Å²) in [7, 11) is 0. The summed E-state index contributed by atoms with van der Waals surface area (Å²) in [6.45, 7) is 2.15. The Bertz CT molecular complexity index is 422. The monoisotopic (exact) mass is 265 g/mol. The number of hydrogen-bond acceptors (Lipinski definition) is 3. The summed E-state index contributed by atoms with van der Waals surface area (Å²) in [4.78, 5) is 12.9. The Labute approximate surface area is 112 Å². The van der Waals surface area contributed by atoms with Gasteiger partial charge >= 0.3 is 0 Å². The Morgan fingerprint density at radius 3 is 2.89 bits per heavy atom. The number of hydrogen-bond donors (Lipinski definition) is 2. The molecule has 1 aromatic carbocycles. The maximum Gasteiger partial charge on any atom is 0.254 e. The van der Waals surface area contributed by atoms with Gasteiger partial charge in [-0.3, -0.25) is 4.79 Å². The molecule has 2 atom stereocenters. The van der Waals surface area contributed by atoms with E-state index in [0.29, 0.717) is 0 Å². The van der Waals surface area contributed by atoms with Gasteiger partial charge in [0, 0.05) is 10.1 Å². The first-order valence-corrected chi connectivity index (χ1v) is 7.35. The smallest absolute Gasteiger partial charge is 0.254 e. The molecule has 2 rings (SSSR count). The van der Waals surface area contributed by atoms with Crippen LogP contribution >= 0.6 is 11.8 Å². The zero-order chi connectivity index (χ0) is 13.0. The summed E-state index contributed by atoms with van der Waals surface area (Å²) in [5.41, 5.74) is 0.810. The van der Waals surface area contributed by atoms with Gasteiger partial charge in [0.1, 0.15) is 6.10 Å². The van der Waals surface area contributed by atoms with Crippen molar-refractivity contribution in [3.05, 3.63) is 24.3 Å². The molecule has 0 spiro atoms. The van der Waals surface area contributed by atoms with Gasteiger partial charge in [0.2, 0.25) is 0 Å². The first kappa shape index (κ1) is 13.4. The standard InChI is InChI=1S/C14H19NO2S/c1-2-3-4-9-12-13(16)14(17)15-10-7-5-6-8-11(10)18-12/h5-8,12-13,16H,2-4,9H2,1H3,(H,15,17)/t12-,13+/m1/s1. The molecule has 2 N–H and O–H groups in total. The van der Waals surface area contributed by atoms with E-state index in [2.05, 4.69) is 12.2 Å². The number of benzene rings is 1. The molecular formula is C14H19NO2S. The van der Waals surface area contributed by atoms with Crippen molar-refractivity contribution in [3.8, 4) is 0 Å². The third kappa shape index (κ3) is 3.06. The molecule has 1 amide bonds. The van der Waals surface area contributed by atoms with Crippen molar-refractivity contribution < 1.29 is 9.90 Å². The topological polar surface area (TPSA) is 49.3 Å². The zero-order valence-corrected chi connectivity index (χ0v) is 11.4. The lowest BCUT2D eigenvalue weighted by molar-refractivity contribution is -0.124. The van der Waals surface area contributed by atoms with Crippen LogP contribution in [0.3, 0.4) is 0 Å². The summed E-state index contributed by atoms with van der Waals surface area (Å²) in [5, 5.41) is 12.8. The molecule has 18 heavy (non-hydrogen) atoms. The van der Waals surface area contributed by atoms with Gasteiger partial charge in [-0.15, -0.1) is 11.8 Å². The molecule has 1 aliphatic rings. The molecular weight excluding hydrogens is 246 g/mol. The fraction of sp³-hybridized carbons (Fsp3) is 0.500. The number of para-hydroxylation sites is 1. The van der Waals surface area contributed by atoms with Gasteiger partial charge in [-0.1, -0.05) is 38.3 Å². The molecule has 3 nitrogen and oxygen atoms in total. The number of amides is 1. The minimum atomic E-state index is -0.917. The number of carbonyl (C=O) groups is 1. The van der Waals surface area contributed by atoms with E-state index < -0.39 is 6.10 Å². The van der Waals surface area contributed by atoms with E-state index in [1.54, 1.807) is 11.8 Å². The number of thioether (sulfide) groups is 1. The van der Waals surface area contributed by atoms with Crippen molar-refractivity contribution in [2.45, 2.75) is 48.9 Å². The van der Waals surface area contributed by atoms with Crippen LogP contribution in [-0.2, 0) is 4.79 Å². The molecule has 0 saturated heterocycles. The summed E-state index contributed by atoms with van der Waals surface area (Å²) in [6, 6.07) is 7.72. The Balaban J connectivity index is 2.13. The highest BCUT2D eigenvalue weighted by atomic mass is 32.2. The first-order chi connectivity index (χ1) is 8.72. The molecule has 0 aromatic heterocycles. The van der Waals surface area contributed by atoms with Gasteiger partial charge in [0.05, 0.1) is 5.69 Å². The van der Waals surface area contributed by atoms with Crippen LogP contribution in [0.15, 0.2) is 29.2 Å². The Morgan fingerprint density at radius 1 is 1.33 bits per heavy atom. The number of nitrogens with one attached hydrogen (secondary N) is 1. The second kappa shape index (κ2) is 6.25. The second-order valence-electron chi connectivity index (χ2n) is 4.58. The van der Waals surface area contributed by atoms with Crippen LogP contribution in [0.25, 0.3) is 0 Å². The van der Waals surface area contributed by atoms with Crippen molar-refractivity contribution in [2.24, 2.45) is 0 Å². The SMILES string of the molecule is CCCCC[C@H]1Sc2ccccc2NC(=O)[C@H]1O. The van der Waals surface area contributed by atoms with Crippen molar-refractivity contribution in [2.75, 3.05) is 5.32 Å². The minimum Gasteiger partial charge on any atom is -0.382 e. The lowest BCUT2D eigenvalue weighted by Gasteiger charge is -2.17. The first-order valence-electron chi connectivity index (χ1n) is 6.47. The Hall–Kier alpha value is -1.00. The predicted molar refractivity (Wildman–Crippen MR) is 74.9 cm³/mol. The van der Waals surface area contributed by atoms with Crippen LogP contribution in [-0.4, -0.2) is 22.4 Å². The lowest BCUT2D eigenvalue weighted by atomic mass is 10.1. The summed E-state index contributed by atoms with van der Waals surface area (Å²) in [5.74, 6) is -0.283. The van der Waals surface area contributed by atoms with Gasteiger partial charge in [-0.05, 0) is 18.6 Å². The molecule has 0 fully saturated rings. The molecule has 0 unspecified atom stereocenters. The van der Waals surface area contributed by atoms with Gasteiger partial charge in [-0.2, -0.15) is 0 Å². The van der Waals surface area contributed by atoms with Crippen LogP contribution in [0.1, 0.15) is 32.6 Å². The Morgan fingerprint density at radius 2 is 2.11 bits per heavy atom. The van der Waals surface area contributed by atoms with E-state index in [-0.39, 0.29) is 11.2 Å². The number of aliphatic hydroxyl groups is 1. The van der Waals surface area contributed by atoms with Crippen LogP contribution in [0, 0.1) is 0 Å². The maximum atomic E-state index is 11.8. The number of anilines is 1. The highest BCUT2D eigenvalue weighted by molar-refractivity contribution is 8.00. The molecule has 0 aliphatic carbocycles. The number of rotatable bonds is 4. The molecule has 4 heteroatoms. The summed E-state index contributed by atoms with van der Waals surface area (Å²) < 4.78 is 0. The zero-order valence-electron chi connectivity index (χ0n) is 10.6. The minimum absolute atomic E-state index is 0.0415. The van der Waals surface area contributed by atoms with Crippen molar-refractivity contribution in [1.82, 2.24) is 0 Å². The van der Waals surface area contributed by atoms with E-state index in [1.807, 2.05) is 24.3 Å². The molecule has 1 aromatic rings. The number of aliphatic hydroxyl groups excluding tert-OH is 1. The second-order valence-corrected chi connectivity index (χ2v) is 5.86. The molecule has 98 valence electrons. The largest absolute Gasteiger partial charge is 0.382 e. The van der Waals surface area contributed by atoms with Gasteiger partial charge < -0.3 is 10.4 Å². The quantitative estimate of drug-likeness (QED) is 0.823.